The third-order valence-electron chi connectivity index (χ3n) is 4.92. The summed E-state index contributed by atoms with van der Waals surface area (Å²) < 4.78 is 6.12. The minimum Gasteiger partial charge on any atom is -0.465 e. The first kappa shape index (κ1) is 22.7. The van der Waals surface area contributed by atoms with Crippen molar-refractivity contribution in [3.05, 3.63) is 99.6 Å². The van der Waals surface area contributed by atoms with Crippen LogP contribution in [0.4, 0.5) is 5.69 Å². The highest BCUT2D eigenvalue weighted by molar-refractivity contribution is 9.09. The molecule has 3 aromatic carbocycles. The molecular formula is C24H17BrClN3O4. The van der Waals surface area contributed by atoms with Gasteiger partial charge in [0, 0.05) is 0 Å². The number of alkyl halides is 1. The van der Waals surface area contributed by atoms with E-state index in [9.17, 15) is 14.4 Å². The van der Waals surface area contributed by atoms with E-state index in [1.54, 1.807) is 48.5 Å². The van der Waals surface area contributed by atoms with Crippen molar-refractivity contribution >= 4 is 56.0 Å². The molecule has 33 heavy (non-hydrogen) atoms. The molecule has 9 heteroatoms. The van der Waals surface area contributed by atoms with Crippen LogP contribution < -0.4 is 10.9 Å². The number of hydrogen-bond acceptors (Lipinski definition) is 5. The van der Waals surface area contributed by atoms with E-state index in [1.165, 1.54) is 29.9 Å². The number of carbonyl (C=O) groups excluding carboxylic acids is 2. The first-order chi connectivity index (χ1) is 15.9. The maximum atomic E-state index is 13.3. The van der Waals surface area contributed by atoms with E-state index in [2.05, 4.69) is 26.2 Å². The molecule has 4 rings (SSSR count). The lowest BCUT2D eigenvalue weighted by molar-refractivity contribution is -0.115. The van der Waals surface area contributed by atoms with Gasteiger partial charge in [0.2, 0.25) is 5.91 Å². The van der Waals surface area contributed by atoms with Crippen molar-refractivity contribution in [3.63, 3.8) is 0 Å². The minimum atomic E-state index is -1.01. The Bertz CT molecular complexity index is 1420. The molecule has 0 bridgehead atoms. The lowest BCUT2D eigenvalue weighted by atomic mass is 10.2. The molecule has 0 aliphatic rings. The Morgan fingerprint density at radius 3 is 2.48 bits per heavy atom. The van der Waals surface area contributed by atoms with Crippen molar-refractivity contribution in [1.29, 1.82) is 0 Å². The van der Waals surface area contributed by atoms with Crippen molar-refractivity contribution in [2.45, 2.75) is 4.83 Å². The highest BCUT2D eigenvalue weighted by Gasteiger charge is 2.26. The number of benzene rings is 3. The van der Waals surface area contributed by atoms with Gasteiger partial charge < -0.3 is 10.1 Å². The number of hydrogen-bond donors (Lipinski definition) is 1. The standard InChI is InChI=1S/C24H17BrClN3O4/c1-33-24(32)14-11-12-17(26)19(13-14)28-22(30)20(25)21-27-18-10-6-5-9-16(18)23(31)29(21)15-7-3-2-4-8-15/h2-13,20H,1H3,(H,28,30). The van der Waals surface area contributed by atoms with Gasteiger partial charge in [-0.15, -0.1) is 0 Å². The summed E-state index contributed by atoms with van der Waals surface area (Å²) in [5, 5.41) is 3.36. The lowest BCUT2D eigenvalue weighted by Crippen LogP contribution is -2.28. The monoisotopic (exact) mass is 525 g/mol. The van der Waals surface area contributed by atoms with Crippen LogP contribution in [0.5, 0.6) is 0 Å². The summed E-state index contributed by atoms with van der Waals surface area (Å²) in [5.41, 5.74) is 1.19. The number of methoxy groups -OCH3 is 1. The zero-order chi connectivity index (χ0) is 23.5. The van der Waals surface area contributed by atoms with Crippen molar-refractivity contribution in [2.75, 3.05) is 12.4 Å². The molecule has 0 fully saturated rings. The topological polar surface area (TPSA) is 90.3 Å². The van der Waals surface area contributed by atoms with Crippen LogP contribution in [0.15, 0.2) is 77.6 Å². The minimum absolute atomic E-state index is 0.197. The second-order valence-electron chi connectivity index (χ2n) is 7.00. The van der Waals surface area contributed by atoms with Gasteiger partial charge in [-0.1, -0.05) is 57.9 Å². The second-order valence-corrected chi connectivity index (χ2v) is 8.32. The molecule has 0 spiro atoms. The molecule has 1 aromatic heterocycles. The summed E-state index contributed by atoms with van der Waals surface area (Å²) in [5.74, 6) is -0.889. The number of nitrogens with zero attached hydrogens (tertiary/aromatic N) is 2. The first-order valence-electron chi connectivity index (χ1n) is 9.80. The Kier molecular flexibility index (Phi) is 6.57. The number of nitrogens with one attached hydrogen (secondary N) is 1. The summed E-state index contributed by atoms with van der Waals surface area (Å²) >= 11 is 9.61. The SMILES string of the molecule is COC(=O)c1ccc(Cl)c(NC(=O)C(Br)c2nc3ccccc3c(=O)n2-c2ccccc2)c1. The highest BCUT2D eigenvalue weighted by atomic mass is 79.9. The molecular weight excluding hydrogens is 510 g/mol. The van der Waals surface area contributed by atoms with Gasteiger partial charge in [0.15, 0.2) is 4.83 Å². The summed E-state index contributed by atoms with van der Waals surface area (Å²) in [4.78, 5) is 41.9. The fourth-order valence-electron chi connectivity index (χ4n) is 3.33. The van der Waals surface area contributed by atoms with Gasteiger partial charge in [-0.3, -0.25) is 14.2 Å². The van der Waals surface area contributed by atoms with Gasteiger partial charge in [0.25, 0.3) is 5.56 Å². The average Bonchev–Trinajstić information content (AvgIpc) is 2.84. The molecule has 0 aliphatic carbocycles. The Labute approximate surface area is 202 Å². The number of rotatable bonds is 5. The highest BCUT2D eigenvalue weighted by Crippen LogP contribution is 2.29. The van der Waals surface area contributed by atoms with Gasteiger partial charge in [0.1, 0.15) is 5.82 Å². The summed E-state index contributed by atoms with van der Waals surface area (Å²) in [6.45, 7) is 0. The molecule has 166 valence electrons. The van der Waals surface area contributed by atoms with Gasteiger partial charge in [-0.25, -0.2) is 9.78 Å². The number of amides is 1. The average molecular weight is 527 g/mol. The summed E-state index contributed by atoms with van der Waals surface area (Å²) in [6, 6.07) is 20.3. The molecule has 0 aliphatic heterocycles. The normalized spacial score (nSPS) is 11.7. The zero-order valence-corrected chi connectivity index (χ0v) is 19.6. The lowest BCUT2D eigenvalue weighted by Gasteiger charge is -2.18. The van der Waals surface area contributed by atoms with Gasteiger partial charge in [-0.05, 0) is 42.5 Å². The number of para-hydroxylation sites is 2. The fraction of sp³-hybridized carbons (Fsp3) is 0.0833. The van der Waals surface area contributed by atoms with Crippen molar-refractivity contribution in [2.24, 2.45) is 0 Å². The van der Waals surface area contributed by atoms with Crippen LogP contribution in [0.25, 0.3) is 16.6 Å². The van der Waals surface area contributed by atoms with Gasteiger partial charge in [0.05, 0.1) is 40.0 Å². The van der Waals surface area contributed by atoms with Crippen LogP contribution in [-0.2, 0) is 9.53 Å². The molecule has 1 unspecified atom stereocenters. The molecule has 1 heterocycles. The molecule has 1 atom stereocenters. The van der Waals surface area contributed by atoms with Crippen molar-refractivity contribution < 1.29 is 14.3 Å². The van der Waals surface area contributed by atoms with E-state index in [4.69, 9.17) is 16.3 Å². The molecule has 0 radical (unpaired) electrons. The predicted octanol–water partition coefficient (Wildman–Crippen LogP) is 4.90. The predicted molar refractivity (Wildman–Crippen MR) is 130 cm³/mol. The number of fused-ring (bicyclic) bond motifs is 1. The van der Waals surface area contributed by atoms with Crippen molar-refractivity contribution in [1.82, 2.24) is 9.55 Å². The maximum Gasteiger partial charge on any atom is 0.337 e. The molecule has 7 nitrogen and oxygen atoms in total. The quantitative estimate of drug-likeness (QED) is 0.295. The third-order valence-corrected chi connectivity index (χ3v) is 6.07. The van der Waals surface area contributed by atoms with E-state index >= 15 is 0 Å². The fourth-order valence-corrected chi connectivity index (χ4v) is 3.91. The van der Waals surface area contributed by atoms with E-state index < -0.39 is 16.7 Å². The van der Waals surface area contributed by atoms with Crippen LogP contribution in [0, 0.1) is 0 Å². The number of carbonyl (C=O) groups is 2. The summed E-state index contributed by atoms with van der Waals surface area (Å²) in [6.07, 6.45) is 0. The maximum absolute atomic E-state index is 13.3. The number of esters is 1. The van der Waals surface area contributed by atoms with Gasteiger partial charge >= 0.3 is 5.97 Å². The van der Waals surface area contributed by atoms with Crippen molar-refractivity contribution in [3.8, 4) is 5.69 Å². The molecule has 0 saturated heterocycles. The number of aromatic nitrogens is 2. The number of halogens is 2. The van der Waals surface area contributed by atoms with E-state index in [0.29, 0.717) is 16.6 Å². The molecule has 1 amide bonds. The Balaban J connectivity index is 1.78. The molecule has 1 N–H and O–H groups in total. The van der Waals surface area contributed by atoms with Crippen LogP contribution in [-0.4, -0.2) is 28.5 Å². The number of anilines is 1. The van der Waals surface area contributed by atoms with Gasteiger partial charge in [-0.2, -0.15) is 0 Å². The van der Waals surface area contributed by atoms with E-state index in [1.807, 2.05) is 6.07 Å². The van der Waals surface area contributed by atoms with Crippen LogP contribution in [0.2, 0.25) is 5.02 Å². The van der Waals surface area contributed by atoms with E-state index in [0.717, 1.165) is 0 Å². The molecule has 0 saturated carbocycles. The largest absolute Gasteiger partial charge is 0.465 e. The number of ether oxygens (including phenoxy) is 1. The Morgan fingerprint density at radius 2 is 1.76 bits per heavy atom. The zero-order valence-electron chi connectivity index (χ0n) is 17.3. The van der Waals surface area contributed by atoms with Crippen LogP contribution in [0.1, 0.15) is 21.0 Å². The van der Waals surface area contributed by atoms with E-state index in [-0.39, 0.29) is 27.7 Å². The Hall–Kier alpha value is -3.49. The Morgan fingerprint density at radius 1 is 1.06 bits per heavy atom. The van der Waals surface area contributed by atoms with Crippen LogP contribution >= 0.6 is 27.5 Å². The summed E-state index contributed by atoms with van der Waals surface area (Å²) in [7, 11) is 1.26. The second kappa shape index (κ2) is 9.56. The van der Waals surface area contributed by atoms with Crippen LogP contribution in [0.3, 0.4) is 0 Å². The first-order valence-corrected chi connectivity index (χ1v) is 11.1. The third kappa shape index (κ3) is 4.53. The smallest absolute Gasteiger partial charge is 0.337 e. The molecule has 4 aromatic rings.